The van der Waals surface area contributed by atoms with E-state index in [4.69, 9.17) is 4.98 Å². The van der Waals surface area contributed by atoms with E-state index in [9.17, 15) is 0 Å². The Morgan fingerprint density at radius 3 is 2.60 bits per heavy atom. The van der Waals surface area contributed by atoms with E-state index < -0.39 is 0 Å². The fraction of sp³-hybridized carbons (Fsp3) is 0.800. The van der Waals surface area contributed by atoms with Gasteiger partial charge in [0.15, 0.2) is 5.13 Å². The average Bonchev–Trinajstić information content (AvgIpc) is 2.85. The molecule has 0 bridgehead atoms. The highest BCUT2D eigenvalue weighted by Crippen LogP contribution is 2.31. The Hall–Kier alpha value is -0.260. The van der Waals surface area contributed by atoms with E-state index in [-0.39, 0.29) is 0 Å². The van der Waals surface area contributed by atoms with Gasteiger partial charge < -0.3 is 10.2 Å². The van der Waals surface area contributed by atoms with Crippen LogP contribution in [0.4, 0.5) is 5.13 Å². The number of aromatic nitrogens is 1. The van der Waals surface area contributed by atoms with Crippen LogP contribution in [0, 0.1) is 0 Å². The highest BCUT2D eigenvalue weighted by atomic mass is 32.2. The summed E-state index contributed by atoms with van der Waals surface area (Å²) in [5.74, 6) is 1.69. The fourth-order valence-corrected chi connectivity index (χ4v) is 3.41. The molecule has 0 saturated carbocycles. The van der Waals surface area contributed by atoms with Crippen molar-refractivity contribution in [3.8, 4) is 0 Å². The van der Waals surface area contributed by atoms with E-state index in [1.165, 1.54) is 10.6 Å². The molecule has 1 unspecified atom stereocenters. The second-order valence-electron chi connectivity index (χ2n) is 5.56. The molecule has 1 aromatic rings. The molecule has 1 atom stereocenters. The molecule has 0 aliphatic carbocycles. The lowest BCUT2D eigenvalue weighted by Crippen LogP contribution is -2.22. The zero-order valence-corrected chi connectivity index (χ0v) is 15.3. The summed E-state index contributed by atoms with van der Waals surface area (Å²) in [6.07, 6.45) is 3.30. The topological polar surface area (TPSA) is 28.2 Å². The van der Waals surface area contributed by atoms with Gasteiger partial charge >= 0.3 is 0 Å². The molecule has 20 heavy (non-hydrogen) atoms. The van der Waals surface area contributed by atoms with Crippen molar-refractivity contribution < 1.29 is 0 Å². The van der Waals surface area contributed by atoms with E-state index in [0.717, 1.165) is 30.4 Å². The third-order valence-corrected chi connectivity index (χ3v) is 5.20. The van der Waals surface area contributed by atoms with Crippen LogP contribution in [0.5, 0.6) is 0 Å². The third-order valence-electron chi connectivity index (χ3n) is 3.42. The maximum absolute atomic E-state index is 4.91. The zero-order chi connectivity index (χ0) is 15.1. The zero-order valence-electron chi connectivity index (χ0n) is 13.7. The first-order valence-electron chi connectivity index (χ1n) is 7.42. The SMILES string of the molecule is CCC(C)c1nc(N(C)CCSC)sc1CNC(C)C. The van der Waals surface area contributed by atoms with Gasteiger partial charge in [0.05, 0.1) is 5.69 Å². The molecule has 0 aliphatic rings. The van der Waals surface area contributed by atoms with Crippen molar-refractivity contribution in [2.75, 3.05) is 30.5 Å². The van der Waals surface area contributed by atoms with E-state index in [1.54, 1.807) is 0 Å². The van der Waals surface area contributed by atoms with Crippen molar-refractivity contribution >= 4 is 28.2 Å². The van der Waals surface area contributed by atoms with Crippen LogP contribution in [0.1, 0.15) is 50.6 Å². The number of nitrogens with one attached hydrogen (secondary N) is 1. The first-order chi connectivity index (χ1) is 9.49. The van der Waals surface area contributed by atoms with Crippen molar-refractivity contribution in [3.05, 3.63) is 10.6 Å². The first kappa shape index (κ1) is 17.8. The second-order valence-corrected chi connectivity index (χ2v) is 7.61. The molecule has 5 heteroatoms. The molecule has 1 aromatic heterocycles. The van der Waals surface area contributed by atoms with Crippen LogP contribution < -0.4 is 10.2 Å². The number of rotatable bonds is 9. The van der Waals surface area contributed by atoms with Crippen LogP contribution in [0.3, 0.4) is 0 Å². The van der Waals surface area contributed by atoms with Crippen molar-refractivity contribution in [3.63, 3.8) is 0 Å². The summed E-state index contributed by atoms with van der Waals surface area (Å²) in [6.45, 7) is 10.9. The second kappa shape index (κ2) is 8.90. The number of nitrogens with zero attached hydrogens (tertiary/aromatic N) is 2. The van der Waals surface area contributed by atoms with Crippen LogP contribution in [-0.4, -0.2) is 36.6 Å². The quantitative estimate of drug-likeness (QED) is 0.747. The van der Waals surface area contributed by atoms with Gasteiger partial charge in [0.25, 0.3) is 0 Å². The molecule has 0 aromatic carbocycles. The van der Waals surface area contributed by atoms with Gasteiger partial charge in [0, 0.05) is 36.8 Å². The molecule has 1 heterocycles. The van der Waals surface area contributed by atoms with Crippen molar-refractivity contribution in [1.29, 1.82) is 0 Å². The number of hydrogen-bond acceptors (Lipinski definition) is 5. The Morgan fingerprint density at radius 2 is 2.05 bits per heavy atom. The van der Waals surface area contributed by atoms with Gasteiger partial charge in [0.1, 0.15) is 0 Å². The van der Waals surface area contributed by atoms with E-state index in [2.05, 4.69) is 51.2 Å². The number of thiazole rings is 1. The molecule has 1 N–H and O–H groups in total. The summed E-state index contributed by atoms with van der Waals surface area (Å²) >= 11 is 3.73. The Labute approximate surface area is 132 Å². The predicted octanol–water partition coefficient (Wildman–Crippen LogP) is 3.95. The number of hydrogen-bond donors (Lipinski definition) is 1. The molecule has 0 fully saturated rings. The molecular weight excluding hydrogens is 286 g/mol. The molecular formula is C15H29N3S2. The largest absolute Gasteiger partial charge is 0.350 e. The van der Waals surface area contributed by atoms with Gasteiger partial charge in [0.2, 0.25) is 0 Å². The minimum atomic E-state index is 0.513. The lowest BCUT2D eigenvalue weighted by atomic mass is 10.0. The summed E-state index contributed by atoms with van der Waals surface area (Å²) < 4.78 is 0. The van der Waals surface area contributed by atoms with E-state index in [1.807, 2.05) is 23.1 Å². The summed E-state index contributed by atoms with van der Waals surface area (Å²) in [4.78, 5) is 8.59. The normalized spacial score (nSPS) is 12.9. The number of thioether (sulfide) groups is 1. The van der Waals surface area contributed by atoms with Crippen molar-refractivity contribution in [2.24, 2.45) is 0 Å². The first-order valence-corrected chi connectivity index (χ1v) is 9.63. The van der Waals surface area contributed by atoms with Crippen LogP contribution in [0.2, 0.25) is 0 Å². The molecule has 116 valence electrons. The Bertz CT molecular complexity index is 390. The van der Waals surface area contributed by atoms with Gasteiger partial charge in [-0.1, -0.05) is 27.7 Å². The molecule has 0 saturated heterocycles. The minimum Gasteiger partial charge on any atom is -0.350 e. The van der Waals surface area contributed by atoms with Gasteiger partial charge in [-0.3, -0.25) is 0 Å². The molecule has 0 radical (unpaired) electrons. The lowest BCUT2D eigenvalue weighted by Gasteiger charge is -2.14. The molecule has 1 rings (SSSR count). The standard InChI is InChI=1S/C15H29N3S2/c1-7-12(4)14-13(10-16-11(2)3)20-15(17-14)18(5)8-9-19-6/h11-12,16H,7-10H2,1-6H3. The van der Waals surface area contributed by atoms with E-state index in [0.29, 0.717) is 12.0 Å². The highest BCUT2D eigenvalue weighted by Gasteiger charge is 2.17. The van der Waals surface area contributed by atoms with Crippen molar-refractivity contribution in [2.45, 2.75) is 52.6 Å². The Balaban J connectivity index is 2.86. The van der Waals surface area contributed by atoms with Gasteiger partial charge in [-0.25, -0.2) is 4.98 Å². The smallest absolute Gasteiger partial charge is 0.185 e. The van der Waals surface area contributed by atoms with Crippen LogP contribution in [-0.2, 0) is 6.54 Å². The molecule has 0 amide bonds. The summed E-state index contributed by atoms with van der Waals surface area (Å²) in [7, 11) is 2.15. The average molecular weight is 316 g/mol. The van der Waals surface area contributed by atoms with Gasteiger partial charge in [-0.05, 0) is 18.6 Å². The van der Waals surface area contributed by atoms with Gasteiger partial charge in [-0.15, -0.1) is 11.3 Å². The molecule has 0 aliphatic heterocycles. The highest BCUT2D eigenvalue weighted by molar-refractivity contribution is 7.98. The Morgan fingerprint density at radius 1 is 1.35 bits per heavy atom. The molecule has 0 spiro atoms. The van der Waals surface area contributed by atoms with E-state index >= 15 is 0 Å². The monoisotopic (exact) mass is 315 g/mol. The van der Waals surface area contributed by atoms with Crippen molar-refractivity contribution in [1.82, 2.24) is 10.3 Å². The maximum atomic E-state index is 4.91. The molecule has 3 nitrogen and oxygen atoms in total. The maximum Gasteiger partial charge on any atom is 0.185 e. The summed E-state index contributed by atoms with van der Waals surface area (Å²) in [6, 6.07) is 0.513. The van der Waals surface area contributed by atoms with Crippen LogP contribution >= 0.6 is 23.1 Å². The predicted molar refractivity (Wildman–Crippen MR) is 94.4 cm³/mol. The minimum absolute atomic E-state index is 0.513. The Kier molecular flexibility index (Phi) is 7.92. The number of anilines is 1. The summed E-state index contributed by atoms with van der Waals surface area (Å²) in [5.41, 5.74) is 1.29. The van der Waals surface area contributed by atoms with Crippen LogP contribution in [0.15, 0.2) is 0 Å². The lowest BCUT2D eigenvalue weighted by molar-refractivity contribution is 0.584. The van der Waals surface area contributed by atoms with Crippen LogP contribution in [0.25, 0.3) is 0 Å². The fourth-order valence-electron chi connectivity index (χ4n) is 1.84. The van der Waals surface area contributed by atoms with Gasteiger partial charge in [-0.2, -0.15) is 11.8 Å². The summed E-state index contributed by atoms with van der Waals surface area (Å²) in [5, 5.41) is 4.69. The third kappa shape index (κ3) is 5.26.